The molecule has 0 bridgehead atoms. The Labute approximate surface area is 94.1 Å². The van der Waals surface area contributed by atoms with Crippen molar-refractivity contribution in [2.24, 2.45) is 0 Å². The average Bonchev–Trinajstić information content (AvgIpc) is 2.27. The molecule has 88 valence electrons. The fourth-order valence-corrected chi connectivity index (χ4v) is 1.16. The van der Waals surface area contributed by atoms with Crippen LogP contribution in [0.3, 0.4) is 0 Å². The summed E-state index contributed by atoms with van der Waals surface area (Å²) in [6.45, 7) is 3.09. The van der Waals surface area contributed by atoms with Crippen molar-refractivity contribution in [2.75, 3.05) is 6.54 Å². The van der Waals surface area contributed by atoms with Gasteiger partial charge < -0.3 is 15.5 Å². The summed E-state index contributed by atoms with van der Waals surface area (Å²) in [5, 5.41) is 21.2. The molecule has 0 saturated heterocycles. The van der Waals surface area contributed by atoms with Crippen LogP contribution < -0.4 is 5.32 Å². The van der Waals surface area contributed by atoms with E-state index in [1.807, 2.05) is 25.1 Å². The molecule has 1 aromatic rings. The fourth-order valence-electron chi connectivity index (χ4n) is 1.16. The first-order valence-electron chi connectivity index (χ1n) is 5.03. The van der Waals surface area contributed by atoms with Gasteiger partial charge in [0.25, 0.3) is 0 Å². The molecule has 3 N–H and O–H groups in total. The van der Waals surface area contributed by atoms with Crippen LogP contribution in [-0.2, 0) is 4.79 Å². The molecular formula is C11H16N2O3. The Kier molecular flexibility index (Phi) is 3.98. The first-order valence-corrected chi connectivity index (χ1v) is 5.03. The third kappa shape index (κ3) is 3.29. The molecule has 0 aliphatic heterocycles. The minimum absolute atomic E-state index is 0.0277. The molecule has 5 nitrogen and oxygen atoms in total. The fraction of sp³-hybridized carbons (Fsp3) is 0.455. The number of aliphatic carboxylic acids is 1. The summed E-state index contributed by atoms with van der Waals surface area (Å²) in [6, 6.07) is 5.40. The monoisotopic (exact) mass is 224 g/mol. The van der Waals surface area contributed by atoms with Gasteiger partial charge in [0.05, 0.1) is 5.69 Å². The lowest BCUT2D eigenvalue weighted by Gasteiger charge is -2.21. The van der Waals surface area contributed by atoms with Gasteiger partial charge in [-0.15, -0.1) is 0 Å². The van der Waals surface area contributed by atoms with E-state index in [0.29, 0.717) is 0 Å². The van der Waals surface area contributed by atoms with E-state index in [-0.39, 0.29) is 12.6 Å². The minimum Gasteiger partial charge on any atom is -0.479 e. The Morgan fingerprint density at radius 3 is 2.81 bits per heavy atom. The number of nitrogens with zero attached hydrogens (tertiary/aromatic N) is 1. The van der Waals surface area contributed by atoms with Crippen molar-refractivity contribution in [2.45, 2.75) is 25.5 Å². The van der Waals surface area contributed by atoms with E-state index >= 15 is 0 Å². The van der Waals surface area contributed by atoms with E-state index < -0.39 is 11.6 Å². The maximum atomic E-state index is 10.7. The van der Waals surface area contributed by atoms with Crippen LogP contribution in [-0.4, -0.2) is 33.3 Å². The third-order valence-corrected chi connectivity index (χ3v) is 2.34. The summed E-state index contributed by atoms with van der Waals surface area (Å²) in [7, 11) is 0. The Bertz CT molecular complexity index is 352. The Balaban J connectivity index is 2.54. The molecule has 0 saturated carbocycles. The van der Waals surface area contributed by atoms with E-state index in [1.54, 1.807) is 6.20 Å². The molecule has 0 aliphatic carbocycles. The zero-order valence-corrected chi connectivity index (χ0v) is 9.34. The number of carboxylic acid groups (broad SMARTS) is 1. The predicted octanol–water partition coefficient (Wildman–Crippen LogP) is 0.568. The highest BCUT2D eigenvalue weighted by molar-refractivity contribution is 5.76. The van der Waals surface area contributed by atoms with Gasteiger partial charge in [-0.2, -0.15) is 0 Å². The van der Waals surface area contributed by atoms with Gasteiger partial charge in [-0.05, 0) is 26.0 Å². The molecule has 1 aromatic heterocycles. The lowest BCUT2D eigenvalue weighted by atomic mass is 10.1. The van der Waals surface area contributed by atoms with Crippen molar-refractivity contribution in [3.05, 3.63) is 30.1 Å². The highest BCUT2D eigenvalue weighted by Gasteiger charge is 2.30. The molecule has 0 spiro atoms. The zero-order chi connectivity index (χ0) is 12.2. The number of carboxylic acids is 1. The van der Waals surface area contributed by atoms with E-state index in [2.05, 4.69) is 10.3 Å². The summed E-state index contributed by atoms with van der Waals surface area (Å²) in [5.74, 6) is -1.24. The van der Waals surface area contributed by atoms with Gasteiger partial charge in [-0.25, -0.2) is 4.79 Å². The highest BCUT2D eigenvalue weighted by Crippen LogP contribution is 2.10. The molecule has 5 heteroatoms. The molecule has 16 heavy (non-hydrogen) atoms. The summed E-state index contributed by atoms with van der Waals surface area (Å²) in [6.07, 6.45) is 1.67. The molecule has 0 aliphatic rings. The predicted molar refractivity (Wildman–Crippen MR) is 58.9 cm³/mol. The van der Waals surface area contributed by atoms with Gasteiger partial charge in [0.2, 0.25) is 0 Å². The lowest BCUT2D eigenvalue weighted by molar-refractivity contribution is -0.156. The van der Waals surface area contributed by atoms with Gasteiger partial charge in [-0.1, -0.05) is 6.07 Å². The van der Waals surface area contributed by atoms with E-state index in [9.17, 15) is 9.90 Å². The van der Waals surface area contributed by atoms with Crippen LogP contribution in [0.5, 0.6) is 0 Å². The van der Waals surface area contributed by atoms with Crippen molar-refractivity contribution in [1.29, 1.82) is 0 Å². The molecular weight excluding hydrogens is 208 g/mol. The zero-order valence-electron chi connectivity index (χ0n) is 9.34. The van der Waals surface area contributed by atoms with Crippen molar-refractivity contribution >= 4 is 5.97 Å². The van der Waals surface area contributed by atoms with Crippen LogP contribution in [0, 0.1) is 0 Å². The van der Waals surface area contributed by atoms with Gasteiger partial charge >= 0.3 is 5.97 Å². The second-order valence-corrected chi connectivity index (χ2v) is 3.94. The van der Waals surface area contributed by atoms with Gasteiger partial charge in [-0.3, -0.25) is 4.98 Å². The molecule has 1 rings (SSSR count). The van der Waals surface area contributed by atoms with Crippen LogP contribution in [0.25, 0.3) is 0 Å². The van der Waals surface area contributed by atoms with Gasteiger partial charge in [0, 0.05) is 18.8 Å². The Morgan fingerprint density at radius 1 is 1.62 bits per heavy atom. The maximum Gasteiger partial charge on any atom is 0.336 e. The number of hydrogen-bond donors (Lipinski definition) is 3. The Hall–Kier alpha value is -1.46. The first kappa shape index (κ1) is 12.6. The number of hydrogen-bond acceptors (Lipinski definition) is 4. The topological polar surface area (TPSA) is 82.5 Å². The van der Waals surface area contributed by atoms with Crippen LogP contribution in [0.1, 0.15) is 25.6 Å². The van der Waals surface area contributed by atoms with Crippen molar-refractivity contribution in [3.63, 3.8) is 0 Å². The summed E-state index contributed by atoms with van der Waals surface area (Å²) in [4.78, 5) is 14.8. The maximum absolute atomic E-state index is 10.7. The molecule has 0 amide bonds. The normalized spacial score (nSPS) is 16.4. The second-order valence-electron chi connectivity index (χ2n) is 3.94. The molecule has 2 unspecified atom stereocenters. The molecule has 0 aromatic carbocycles. The van der Waals surface area contributed by atoms with Crippen LogP contribution in [0.4, 0.5) is 0 Å². The molecule has 2 atom stereocenters. The van der Waals surface area contributed by atoms with Crippen LogP contribution in [0.2, 0.25) is 0 Å². The second kappa shape index (κ2) is 5.05. The molecule has 0 fully saturated rings. The Morgan fingerprint density at radius 2 is 2.31 bits per heavy atom. The van der Waals surface area contributed by atoms with Crippen molar-refractivity contribution in [3.8, 4) is 0 Å². The number of rotatable bonds is 5. The smallest absolute Gasteiger partial charge is 0.336 e. The number of nitrogens with one attached hydrogen (secondary N) is 1. The lowest BCUT2D eigenvalue weighted by Crippen LogP contribution is -2.45. The minimum atomic E-state index is -1.76. The first-order chi connectivity index (χ1) is 7.43. The standard InChI is InChI=1S/C11H16N2O3/c1-8(9-5-3-4-6-12-9)13-7-11(2,16)10(14)15/h3-6,8,13,16H,7H2,1-2H3,(H,14,15). The summed E-state index contributed by atoms with van der Waals surface area (Å²) >= 11 is 0. The van der Waals surface area contributed by atoms with Crippen molar-refractivity contribution in [1.82, 2.24) is 10.3 Å². The van der Waals surface area contributed by atoms with Gasteiger partial charge in [0.15, 0.2) is 5.60 Å². The highest BCUT2D eigenvalue weighted by atomic mass is 16.4. The third-order valence-electron chi connectivity index (χ3n) is 2.34. The SMILES string of the molecule is CC(NCC(C)(O)C(=O)O)c1ccccn1. The number of pyridine rings is 1. The average molecular weight is 224 g/mol. The number of aliphatic hydroxyl groups is 1. The number of carbonyl (C=O) groups is 1. The van der Waals surface area contributed by atoms with Crippen molar-refractivity contribution < 1.29 is 15.0 Å². The van der Waals surface area contributed by atoms with Crippen LogP contribution in [0.15, 0.2) is 24.4 Å². The van der Waals surface area contributed by atoms with Crippen LogP contribution >= 0.6 is 0 Å². The van der Waals surface area contributed by atoms with Gasteiger partial charge in [0.1, 0.15) is 0 Å². The largest absolute Gasteiger partial charge is 0.479 e. The quantitative estimate of drug-likeness (QED) is 0.681. The number of aromatic nitrogens is 1. The molecule has 1 heterocycles. The van der Waals surface area contributed by atoms with E-state index in [4.69, 9.17) is 5.11 Å². The van der Waals surface area contributed by atoms with E-state index in [1.165, 1.54) is 6.92 Å². The summed E-state index contributed by atoms with van der Waals surface area (Å²) < 4.78 is 0. The summed E-state index contributed by atoms with van der Waals surface area (Å²) in [5.41, 5.74) is -0.952. The molecule has 0 radical (unpaired) electrons. The van der Waals surface area contributed by atoms with E-state index in [0.717, 1.165) is 5.69 Å².